The van der Waals surface area contributed by atoms with Crippen molar-refractivity contribution in [2.45, 2.75) is 50.6 Å². The predicted octanol–water partition coefficient (Wildman–Crippen LogP) is 1.91. The fraction of sp³-hybridized carbons (Fsp3) is 1.00. The van der Waals surface area contributed by atoms with E-state index in [1.54, 1.807) is 0 Å². The van der Waals surface area contributed by atoms with Crippen LogP contribution in [-0.2, 0) is 0 Å². The van der Waals surface area contributed by atoms with Crippen LogP contribution in [0.15, 0.2) is 0 Å². The van der Waals surface area contributed by atoms with Crippen LogP contribution in [0.4, 0.5) is 0 Å². The van der Waals surface area contributed by atoms with Gasteiger partial charge < -0.3 is 0 Å². The zero-order chi connectivity index (χ0) is 9.54. The van der Waals surface area contributed by atoms with Gasteiger partial charge in [0, 0.05) is 18.6 Å². The highest BCUT2D eigenvalue weighted by Gasteiger charge is 2.44. The first-order chi connectivity index (χ1) is 6.84. The van der Waals surface area contributed by atoms with Crippen LogP contribution in [0.3, 0.4) is 0 Å². The molecule has 3 atom stereocenters. The highest BCUT2D eigenvalue weighted by Crippen LogP contribution is 2.40. The third-order valence-electron chi connectivity index (χ3n) is 4.52. The van der Waals surface area contributed by atoms with Gasteiger partial charge in [0.15, 0.2) is 0 Å². The zero-order valence-corrected chi connectivity index (χ0v) is 9.28. The van der Waals surface area contributed by atoms with E-state index in [1.165, 1.54) is 51.7 Å². The maximum absolute atomic E-state index is 2.80. The molecule has 3 rings (SSSR count). The average Bonchev–Trinajstić information content (AvgIpc) is 2.55. The third-order valence-corrected chi connectivity index (χ3v) is 4.52. The van der Waals surface area contributed by atoms with Crippen LogP contribution in [0.1, 0.15) is 38.5 Å². The van der Waals surface area contributed by atoms with Crippen molar-refractivity contribution in [2.24, 2.45) is 5.92 Å². The van der Waals surface area contributed by atoms with E-state index < -0.39 is 0 Å². The van der Waals surface area contributed by atoms with Gasteiger partial charge in [0.1, 0.15) is 0 Å². The van der Waals surface area contributed by atoms with Crippen molar-refractivity contribution in [3.05, 3.63) is 0 Å². The van der Waals surface area contributed by atoms with Crippen molar-refractivity contribution in [1.29, 1.82) is 0 Å². The molecule has 0 amide bonds. The molecule has 2 saturated heterocycles. The van der Waals surface area contributed by atoms with Crippen LogP contribution >= 0.6 is 0 Å². The number of rotatable bonds is 0. The molecule has 1 unspecified atom stereocenters. The molecule has 1 aliphatic carbocycles. The van der Waals surface area contributed by atoms with Crippen LogP contribution in [0.5, 0.6) is 0 Å². The van der Waals surface area contributed by atoms with E-state index in [0.717, 1.165) is 18.0 Å². The van der Waals surface area contributed by atoms with E-state index in [2.05, 4.69) is 16.8 Å². The molecule has 0 aromatic carbocycles. The fourth-order valence-corrected chi connectivity index (χ4v) is 3.93. The quantitative estimate of drug-likeness (QED) is 0.581. The van der Waals surface area contributed by atoms with E-state index in [4.69, 9.17) is 0 Å². The smallest absolute Gasteiger partial charge is 0.0510 e. The van der Waals surface area contributed by atoms with Crippen molar-refractivity contribution < 1.29 is 0 Å². The Morgan fingerprint density at radius 3 is 2.86 bits per heavy atom. The highest BCUT2D eigenvalue weighted by atomic mass is 15.4. The summed E-state index contributed by atoms with van der Waals surface area (Å²) in [5, 5.41) is 0. The first-order valence-electron chi connectivity index (χ1n) is 6.29. The lowest BCUT2D eigenvalue weighted by Gasteiger charge is -2.25. The Kier molecular flexibility index (Phi) is 2.29. The van der Waals surface area contributed by atoms with Crippen molar-refractivity contribution in [1.82, 2.24) is 9.80 Å². The molecule has 2 nitrogen and oxygen atoms in total. The molecule has 80 valence electrons. The molecule has 3 fully saturated rings. The van der Waals surface area contributed by atoms with Gasteiger partial charge in [-0.25, -0.2) is 0 Å². The Balaban J connectivity index is 1.75. The summed E-state index contributed by atoms with van der Waals surface area (Å²) >= 11 is 0. The second-order valence-corrected chi connectivity index (χ2v) is 5.55. The molecule has 1 saturated carbocycles. The van der Waals surface area contributed by atoms with E-state index in [0.29, 0.717) is 0 Å². The molecule has 2 aliphatic heterocycles. The minimum Gasteiger partial charge on any atom is -0.292 e. The maximum Gasteiger partial charge on any atom is 0.0510 e. The van der Waals surface area contributed by atoms with Crippen molar-refractivity contribution in [2.75, 3.05) is 20.3 Å². The lowest BCUT2D eigenvalue weighted by molar-refractivity contribution is 0.184. The van der Waals surface area contributed by atoms with Crippen LogP contribution in [0, 0.1) is 5.92 Å². The SMILES string of the molecule is CN1CC2C[C@@H]3CCCCC[C@H]3N2C1. The topological polar surface area (TPSA) is 6.48 Å². The molecule has 0 aromatic rings. The molecule has 0 N–H and O–H groups in total. The third kappa shape index (κ3) is 1.40. The van der Waals surface area contributed by atoms with Crippen LogP contribution < -0.4 is 0 Å². The summed E-state index contributed by atoms with van der Waals surface area (Å²) in [6.45, 7) is 2.57. The van der Waals surface area contributed by atoms with Crippen molar-refractivity contribution >= 4 is 0 Å². The second-order valence-electron chi connectivity index (χ2n) is 5.55. The minimum absolute atomic E-state index is 0.910. The molecule has 3 aliphatic rings. The van der Waals surface area contributed by atoms with Crippen LogP contribution in [0.2, 0.25) is 0 Å². The summed E-state index contributed by atoms with van der Waals surface area (Å²) in [5.74, 6) is 1.05. The summed E-state index contributed by atoms with van der Waals surface area (Å²) in [5.41, 5.74) is 0. The van der Waals surface area contributed by atoms with E-state index in [-0.39, 0.29) is 0 Å². The van der Waals surface area contributed by atoms with E-state index in [9.17, 15) is 0 Å². The minimum atomic E-state index is 0.910. The molecule has 2 heteroatoms. The summed E-state index contributed by atoms with van der Waals surface area (Å²) < 4.78 is 0. The number of likely N-dealkylation sites (N-methyl/N-ethyl adjacent to an activating group) is 1. The van der Waals surface area contributed by atoms with Crippen LogP contribution in [-0.4, -0.2) is 42.1 Å². The molecular weight excluding hydrogens is 172 g/mol. The van der Waals surface area contributed by atoms with Gasteiger partial charge >= 0.3 is 0 Å². The summed E-state index contributed by atoms with van der Waals surface area (Å²) in [4.78, 5) is 5.29. The molecule has 0 aromatic heterocycles. The van der Waals surface area contributed by atoms with Crippen LogP contribution in [0.25, 0.3) is 0 Å². The van der Waals surface area contributed by atoms with E-state index >= 15 is 0 Å². The Hall–Kier alpha value is -0.0800. The summed E-state index contributed by atoms with van der Waals surface area (Å²) in [7, 11) is 2.27. The lowest BCUT2D eigenvalue weighted by Crippen LogP contribution is -2.34. The maximum atomic E-state index is 2.80. The van der Waals surface area contributed by atoms with E-state index in [1.807, 2.05) is 0 Å². The standard InChI is InChI=1S/C12H22N2/c1-13-8-11-7-10-5-3-2-4-6-12(10)14(11)9-13/h10-12H,2-9H2,1H3/t10-,11?,12+/m0/s1. The number of hydrogen-bond acceptors (Lipinski definition) is 2. The molecule has 0 bridgehead atoms. The largest absolute Gasteiger partial charge is 0.292 e. The van der Waals surface area contributed by atoms with Gasteiger partial charge in [-0.05, 0) is 32.2 Å². The first kappa shape index (κ1) is 9.17. The Labute approximate surface area is 87.3 Å². The van der Waals surface area contributed by atoms with Gasteiger partial charge in [-0.15, -0.1) is 0 Å². The molecule has 14 heavy (non-hydrogen) atoms. The van der Waals surface area contributed by atoms with Crippen molar-refractivity contribution in [3.63, 3.8) is 0 Å². The van der Waals surface area contributed by atoms with Gasteiger partial charge in [0.05, 0.1) is 6.67 Å². The summed E-state index contributed by atoms with van der Waals surface area (Å²) in [6, 6.07) is 1.86. The monoisotopic (exact) mass is 194 g/mol. The number of nitrogens with zero attached hydrogens (tertiary/aromatic N) is 2. The van der Waals surface area contributed by atoms with Gasteiger partial charge in [0.25, 0.3) is 0 Å². The highest BCUT2D eigenvalue weighted by molar-refractivity contribution is 4.98. The molecular formula is C12H22N2. The lowest BCUT2D eigenvalue weighted by atomic mass is 9.94. The Morgan fingerprint density at radius 2 is 1.93 bits per heavy atom. The van der Waals surface area contributed by atoms with Gasteiger partial charge in [-0.1, -0.05) is 19.3 Å². The van der Waals surface area contributed by atoms with Gasteiger partial charge in [-0.3, -0.25) is 9.80 Å². The second kappa shape index (κ2) is 3.49. The predicted molar refractivity (Wildman–Crippen MR) is 58.1 cm³/mol. The molecule has 2 heterocycles. The summed E-state index contributed by atoms with van der Waals surface area (Å²) in [6.07, 6.45) is 8.96. The van der Waals surface area contributed by atoms with Gasteiger partial charge in [0.2, 0.25) is 0 Å². The zero-order valence-electron chi connectivity index (χ0n) is 9.28. The van der Waals surface area contributed by atoms with Gasteiger partial charge in [-0.2, -0.15) is 0 Å². The Morgan fingerprint density at radius 1 is 1.07 bits per heavy atom. The van der Waals surface area contributed by atoms with Crippen molar-refractivity contribution in [3.8, 4) is 0 Å². The Bertz CT molecular complexity index is 216. The molecule has 0 spiro atoms. The number of fused-ring (bicyclic) bond motifs is 3. The average molecular weight is 194 g/mol. The fourth-order valence-electron chi connectivity index (χ4n) is 3.93. The molecule has 0 radical (unpaired) electrons. The number of hydrogen-bond donors (Lipinski definition) is 0. The first-order valence-corrected chi connectivity index (χ1v) is 6.29. The normalized spacial score (nSPS) is 44.8.